The van der Waals surface area contributed by atoms with Crippen LogP contribution >= 0.6 is 7.75 Å². The molecule has 2 atom stereocenters. The van der Waals surface area contributed by atoms with Gasteiger partial charge >= 0.3 is 7.75 Å². The molecule has 4 nitrogen and oxygen atoms in total. The zero-order valence-electron chi connectivity index (χ0n) is 4.48. The first-order valence-electron chi connectivity index (χ1n) is 2.34. The monoisotopic (exact) mass is 137 g/mol. The predicted molar refractivity (Wildman–Crippen MR) is 28.2 cm³/mol. The van der Waals surface area contributed by atoms with Gasteiger partial charge in [-0.3, -0.25) is 0 Å². The number of nitrogens with zero attached hydrogens (tertiary/aromatic N) is 1. The highest BCUT2D eigenvalue weighted by Crippen LogP contribution is 2.48. The predicted octanol–water partition coefficient (Wildman–Crippen LogP) is -0.217. The fourth-order valence-corrected chi connectivity index (χ4v) is 1.55. The molecule has 2 N–H and O–H groups in total. The third kappa shape index (κ3) is 1.09. The summed E-state index contributed by atoms with van der Waals surface area (Å²) in [7, 11) is -3.85. The van der Waals surface area contributed by atoms with Crippen LogP contribution in [-0.2, 0) is 4.57 Å². The first-order chi connectivity index (χ1) is 3.52. The molecule has 0 radical (unpaired) electrons. The van der Waals surface area contributed by atoms with Crippen molar-refractivity contribution in [3.63, 3.8) is 0 Å². The van der Waals surface area contributed by atoms with Crippen LogP contribution in [-0.4, -0.2) is 27.0 Å². The van der Waals surface area contributed by atoms with Crippen LogP contribution in [0.1, 0.15) is 6.92 Å². The lowest BCUT2D eigenvalue weighted by Gasteiger charge is -2.00. The van der Waals surface area contributed by atoms with Crippen LogP contribution in [0.5, 0.6) is 0 Å². The quantitative estimate of drug-likeness (QED) is 0.387. The van der Waals surface area contributed by atoms with Gasteiger partial charge in [-0.05, 0) is 6.92 Å². The van der Waals surface area contributed by atoms with Gasteiger partial charge in [-0.2, -0.15) is 0 Å². The molecule has 5 heteroatoms. The lowest BCUT2D eigenvalue weighted by molar-refractivity contribution is 0.331. The number of rotatable bonds is 1. The summed E-state index contributed by atoms with van der Waals surface area (Å²) in [4.78, 5) is 16.7. The fraction of sp³-hybridized carbons (Fsp3) is 1.00. The van der Waals surface area contributed by atoms with Gasteiger partial charge < -0.3 is 9.79 Å². The summed E-state index contributed by atoms with van der Waals surface area (Å²) >= 11 is 0. The molecule has 0 amide bonds. The van der Waals surface area contributed by atoms with Crippen molar-refractivity contribution in [2.24, 2.45) is 0 Å². The smallest absolute Gasteiger partial charge is 0.312 e. The lowest BCUT2D eigenvalue weighted by atomic mass is 10.6. The summed E-state index contributed by atoms with van der Waals surface area (Å²) in [6, 6.07) is 0.0795. The topological polar surface area (TPSA) is 60.5 Å². The summed E-state index contributed by atoms with van der Waals surface area (Å²) in [5.41, 5.74) is 0. The van der Waals surface area contributed by atoms with Gasteiger partial charge in [0.1, 0.15) is 0 Å². The number of hydrogen-bond acceptors (Lipinski definition) is 1. The van der Waals surface area contributed by atoms with Crippen molar-refractivity contribution in [2.75, 3.05) is 6.54 Å². The third-order valence-corrected chi connectivity index (χ3v) is 2.39. The molecule has 0 aromatic heterocycles. The standard InChI is InChI=1S/C3H8NO3P/c1-3-2-4(3)8(5,6)7/h3H,2H2,1H3,(H2,5,6,7). The average molecular weight is 137 g/mol. The zero-order valence-corrected chi connectivity index (χ0v) is 5.38. The maximum absolute atomic E-state index is 10.2. The van der Waals surface area contributed by atoms with Crippen LogP contribution in [0.15, 0.2) is 0 Å². The zero-order chi connectivity index (χ0) is 6.36. The van der Waals surface area contributed by atoms with Crippen molar-refractivity contribution in [1.82, 2.24) is 4.67 Å². The Balaban J connectivity index is 2.52. The summed E-state index contributed by atoms with van der Waals surface area (Å²) in [6.07, 6.45) is 0. The second kappa shape index (κ2) is 1.54. The van der Waals surface area contributed by atoms with Crippen LogP contribution in [0.2, 0.25) is 0 Å². The molecule has 0 bridgehead atoms. The maximum atomic E-state index is 10.2. The highest BCUT2D eigenvalue weighted by molar-refractivity contribution is 7.49. The molecule has 1 aliphatic heterocycles. The normalized spacial score (nSPS) is 37.4. The van der Waals surface area contributed by atoms with Gasteiger partial charge in [0.25, 0.3) is 0 Å². The Bertz CT molecular complexity index is 141. The Labute approximate surface area is 47.3 Å². The minimum absolute atomic E-state index is 0.0795. The summed E-state index contributed by atoms with van der Waals surface area (Å²) in [5, 5.41) is 0. The van der Waals surface area contributed by atoms with Crippen molar-refractivity contribution in [2.45, 2.75) is 13.0 Å². The molecular weight excluding hydrogens is 129 g/mol. The van der Waals surface area contributed by atoms with Crippen molar-refractivity contribution < 1.29 is 14.4 Å². The van der Waals surface area contributed by atoms with E-state index in [4.69, 9.17) is 9.79 Å². The van der Waals surface area contributed by atoms with E-state index in [9.17, 15) is 4.57 Å². The Morgan fingerprint density at radius 1 is 1.75 bits per heavy atom. The van der Waals surface area contributed by atoms with E-state index in [1.165, 1.54) is 0 Å². The summed E-state index contributed by atoms with van der Waals surface area (Å²) < 4.78 is 11.4. The molecule has 8 heavy (non-hydrogen) atoms. The van der Waals surface area contributed by atoms with Gasteiger partial charge in [-0.15, -0.1) is 0 Å². The van der Waals surface area contributed by atoms with E-state index >= 15 is 0 Å². The molecule has 1 rings (SSSR count). The van der Waals surface area contributed by atoms with Gasteiger partial charge in [0, 0.05) is 12.6 Å². The Morgan fingerprint density at radius 2 is 2.12 bits per heavy atom. The SMILES string of the molecule is CC1CN1P(=O)(O)O. The van der Waals surface area contributed by atoms with E-state index in [0.29, 0.717) is 6.54 Å². The van der Waals surface area contributed by atoms with E-state index in [1.807, 2.05) is 0 Å². The molecule has 1 saturated heterocycles. The first-order valence-corrected chi connectivity index (χ1v) is 3.91. The van der Waals surface area contributed by atoms with Crippen LogP contribution in [0.25, 0.3) is 0 Å². The second-order valence-corrected chi connectivity index (χ2v) is 3.52. The van der Waals surface area contributed by atoms with E-state index in [1.54, 1.807) is 6.92 Å². The third-order valence-electron chi connectivity index (χ3n) is 1.16. The van der Waals surface area contributed by atoms with Gasteiger partial charge in [0.2, 0.25) is 0 Å². The molecule has 1 aliphatic rings. The minimum Gasteiger partial charge on any atom is -0.312 e. The van der Waals surface area contributed by atoms with Crippen molar-refractivity contribution >= 4 is 7.75 Å². The molecule has 0 aliphatic carbocycles. The molecule has 0 saturated carbocycles. The first kappa shape index (κ1) is 6.23. The molecule has 1 heterocycles. The Morgan fingerprint density at radius 3 is 2.12 bits per heavy atom. The van der Waals surface area contributed by atoms with E-state index in [2.05, 4.69) is 0 Å². The summed E-state index contributed by atoms with van der Waals surface area (Å²) in [6.45, 7) is 2.31. The van der Waals surface area contributed by atoms with Gasteiger partial charge in [-0.1, -0.05) is 0 Å². The van der Waals surface area contributed by atoms with E-state index in [-0.39, 0.29) is 6.04 Å². The van der Waals surface area contributed by atoms with Crippen LogP contribution in [0.4, 0.5) is 0 Å². The van der Waals surface area contributed by atoms with Crippen molar-refractivity contribution in [3.05, 3.63) is 0 Å². The van der Waals surface area contributed by atoms with E-state index in [0.717, 1.165) is 4.67 Å². The average Bonchev–Trinajstić information content (AvgIpc) is 2.13. The van der Waals surface area contributed by atoms with Crippen molar-refractivity contribution in [3.8, 4) is 0 Å². The van der Waals surface area contributed by atoms with E-state index < -0.39 is 7.75 Å². The maximum Gasteiger partial charge on any atom is 0.403 e. The molecule has 2 unspecified atom stereocenters. The van der Waals surface area contributed by atoms with Crippen LogP contribution in [0.3, 0.4) is 0 Å². The lowest BCUT2D eigenvalue weighted by Crippen LogP contribution is -1.93. The molecular formula is C3H8NO3P. The molecule has 1 fully saturated rings. The number of hydrogen-bond donors (Lipinski definition) is 2. The summed E-state index contributed by atoms with van der Waals surface area (Å²) in [5.74, 6) is 0. The van der Waals surface area contributed by atoms with Crippen molar-refractivity contribution in [1.29, 1.82) is 0 Å². The minimum atomic E-state index is -3.85. The Kier molecular flexibility index (Phi) is 1.20. The fourth-order valence-electron chi connectivity index (χ4n) is 0.587. The van der Waals surface area contributed by atoms with Crippen LogP contribution in [0, 0.1) is 0 Å². The molecule has 0 aromatic rings. The highest BCUT2D eigenvalue weighted by Gasteiger charge is 2.42. The molecule has 0 aromatic carbocycles. The van der Waals surface area contributed by atoms with Crippen LogP contribution < -0.4 is 0 Å². The molecule has 0 spiro atoms. The van der Waals surface area contributed by atoms with Gasteiger partial charge in [0.05, 0.1) is 0 Å². The second-order valence-electron chi connectivity index (χ2n) is 1.98. The molecule has 48 valence electrons. The highest BCUT2D eigenvalue weighted by atomic mass is 31.2. The Hall–Kier alpha value is 0.110. The largest absolute Gasteiger partial charge is 0.403 e. The van der Waals surface area contributed by atoms with Gasteiger partial charge in [0.15, 0.2) is 0 Å². The van der Waals surface area contributed by atoms with Gasteiger partial charge in [-0.25, -0.2) is 9.24 Å².